The zero-order valence-corrected chi connectivity index (χ0v) is 10.6. The molecule has 0 bridgehead atoms. The molecule has 0 fully saturated rings. The number of benzene rings is 1. The van der Waals surface area contributed by atoms with Gasteiger partial charge in [-0.15, -0.1) is 0 Å². The minimum absolute atomic E-state index is 0.147. The monoisotopic (exact) mass is 311 g/mol. The predicted octanol–water partition coefficient (Wildman–Crippen LogP) is 3.42. The normalized spacial score (nSPS) is 13.7. The summed E-state index contributed by atoms with van der Waals surface area (Å²) in [7, 11) is 0. The molecule has 17 heavy (non-hydrogen) atoms. The van der Waals surface area contributed by atoms with Gasteiger partial charge in [0.2, 0.25) is 0 Å². The van der Waals surface area contributed by atoms with E-state index in [-0.39, 0.29) is 13.2 Å². The van der Waals surface area contributed by atoms with Crippen molar-refractivity contribution in [2.24, 2.45) is 5.73 Å². The van der Waals surface area contributed by atoms with Crippen LogP contribution in [0.15, 0.2) is 28.7 Å². The van der Waals surface area contributed by atoms with Crippen LogP contribution in [0.3, 0.4) is 0 Å². The van der Waals surface area contributed by atoms with Crippen molar-refractivity contribution in [3.63, 3.8) is 0 Å². The van der Waals surface area contributed by atoms with Gasteiger partial charge in [0.25, 0.3) is 0 Å². The van der Waals surface area contributed by atoms with Crippen LogP contribution in [0, 0.1) is 0 Å². The van der Waals surface area contributed by atoms with Crippen LogP contribution in [-0.2, 0) is 4.74 Å². The Balaban J connectivity index is 2.54. The standard InChI is InChI=1S/C11H13BrF3NO/c12-9-3-1-2-8(6-9)10(7-16)17-5-4-11(13,14)15/h1-3,6,10H,4-5,7,16H2. The Kier molecular flexibility index (Phi) is 5.42. The van der Waals surface area contributed by atoms with Crippen molar-refractivity contribution >= 4 is 15.9 Å². The molecule has 96 valence electrons. The molecule has 2 nitrogen and oxygen atoms in total. The molecule has 0 saturated heterocycles. The molecule has 0 amide bonds. The molecular formula is C11H13BrF3NO. The van der Waals surface area contributed by atoms with Gasteiger partial charge in [-0.2, -0.15) is 13.2 Å². The second-order valence-corrected chi connectivity index (χ2v) is 4.43. The van der Waals surface area contributed by atoms with Gasteiger partial charge in [0, 0.05) is 11.0 Å². The number of halogens is 4. The fraction of sp³-hybridized carbons (Fsp3) is 0.455. The lowest BCUT2D eigenvalue weighted by Crippen LogP contribution is -2.19. The highest BCUT2D eigenvalue weighted by molar-refractivity contribution is 9.10. The van der Waals surface area contributed by atoms with Crippen LogP contribution in [0.2, 0.25) is 0 Å². The third kappa shape index (κ3) is 5.52. The number of ether oxygens (including phenoxy) is 1. The summed E-state index contributed by atoms with van der Waals surface area (Å²) < 4.78 is 41.9. The molecule has 0 aliphatic heterocycles. The molecule has 1 aromatic rings. The summed E-state index contributed by atoms with van der Waals surface area (Å²) in [5, 5.41) is 0. The summed E-state index contributed by atoms with van der Waals surface area (Å²) in [5.41, 5.74) is 6.25. The van der Waals surface area contributed by atoms with Crippen molar-refractivity contribution in [2.75, 3.05) is 13.2 Å². The van der Waals surface area contributed by atoms with Gasteiger partial charge in [0.05, 0.1) is 19.1 Å². The lowest BCUT2D eigenvalue weighted by molar-refractivity contribution is -0.149. The molecule has 0 aromatic heterocycles. The van der Waals surface area contributed by atoms with Gasteiger partial charge in [-0.3, -0.25) is 0 Å². The van der Waals surface area contributed by atoms with Crippen LogP contribution in [-0.4, -0.2) is 19.3 Å². The molecule has 1 atom stereocenters. The molecule has 0 aliphatic carbocycles. The second-order valence-electron chi connectivity index (χ2n) is 3.52. The van der Waals surface area contributed by atoms with E-state index in [1.54, 1.807) is 18.2 Å². The first-order chi connectivity index (χ1) is 7.92. The van der Waals surface area contributed by atoms with Crippen LogP contribution in [0.25, 0.3) is 0 Å². The smallest absolute Gasteiger partial charge is 0.372 e. The zero-order valence-electron chi connectivity index (χ0n) is 9.01. The van der Waals surface area contributed by atoms with Gasteiger partial charge in [-0.05, 0) is 17.7 Å². The number of hydrogen-bond donors (Lipinski definition) is 1. The van der Waals surface area contributed by atoms with E-state index in [4.69, 9.17) is 10.5 Å². The van der Waals surface area contributed by atoms with Crippen LogP contribution < -0.4 is 5.73 Å². The third-order valence-corrected chi connectivity index (χ3v) is 2.63. The lowest BCUT2D eigenvalue weighted by atomic mass is 10.1. The Hall–Kier alpha value is -0.590. The first-order valence-electron chi connectivity index (χ1n) is 5.06. The zero-order chi connectivity index (χ0) is 12.9. The lowest BCUT2D eigenvalue weighted by Gasteiger charge is -2.17. The molecule has 1 unspecified atom stereocenters. The van der Waals surface area contributed by atoms with E-state index in [9.17, 15) is 13.2 Å². The van der Waals surface area contributed by atoms with Gasteiger partial charge in [0.1, 0.15) is 0 Å². The molecule has 6 heteroatoms. The second kappa shape index (κ2) is 6.37. The fourth-order valence-corrected chi connectivity index (χ4v) is 1.74. The molecule has 1 aromatic carbocycles. The van der Waals surface area contributed by atoms with Crippen molar-refractivity contribution < 1.29 is 17.9 Å². The SMILES string of the molecule is NCC(OCCC(F)(F)F)c1cccc(Br)c1. The minimum Gasteiger partial charge on any atom is -0.372 e. The first kappa shape index (κ1) is 14.5. The van der Waals surface area contributed by atoms with Crippen molar-refractivity contribution in [2.45, 2.75) is 18.7 Å². The average Bonchev–Trinajstić information content (AvgIpc) is 2.23. The largest absolute Gasteiger partial charge is 0.391 e. The van der Waals surface area contributed by atoms with E-state index in [1.807, 2.05) is 6.07 Å². The van der Waals surface area contributed by atoms with Crippen molar-refractivity contribution in [3.05, 3.63) is 34.3 Å². The molecule has 2 N–H and O–H groups in total. The molecule has 0 spiro atoms. The van der Waals surface area contributed by atoms with Gasteiger partial charge >= 0.3 is 6.18 Å². The Labute approximate surface area is 106 Å². The number of hydrogen-bond acceptors (Lipinski definition) is 2. The summed E-state index contributed by atoms with van der Waals surface area (Å²) in [6.07, 6.45) is -5.66. The van der Waals surface area contributed by atoms with E-state index in [0.29, 0.717) is 0 Å². The molecule has 0 radical (unpaired) electrons. The van der Waals surface area contributed by atoms with E-state index < -0.39 is 18.7 Å². The van der Waals surface area contributed by atoms with Crippen LogP contribution in [0.1, 0.15) is 18.1 Å². The van der Waals surface area contributed by atoms with Crippen LogP contribution >= 0.6 is 15.9 Å². The molecule has 0 saturated carbocycles. The Morgan fingerprint density at radius 2 is 2.06 bits per heavy atom. The van der Waals surface area contributed by atoms with Crippen LogP contribution in [0.5, 0.6) is 0 Å². The maximum Gasteiger partial charge on any atom is 0.391 e. The highest BCUT2D eigenvalue weighted by atomic mass is 79.9. The summed E-state index contributed by atoms with van der Waals surface area (Å²) in [6.45, 7) is -0.230. The Morgan fingerprint density at radius 1 is 1.35 bits per heavy atom. The molecule has 0 aliphatic rings. The Bertz CT molecular complexity index is 357. The van der Waals surface area contributed by atoms with E-state index in [0.717, 1.165) is 10.0 Å². The highest BCUT2D eigenvalue weighted by Gasteiger charge is 2.27. The topological polar surface area (TPSA) is 35.2 Å². The van der Waals surface area contributed by atoms with Gasteiger partial charge in [0.15, 0.2) is 0 Å². The molecule has 0 heterocycles. The van der Waals surface area contributed by atoms with Gasteiger partial charge in [-0.1, -0.05) is 28.1 Å². The minimum atomic E-state index is -4.20. The first-order valence-corrected chi connectivity index (χ1v) is 5.85. The summed E-state index contributed by atoms with van der Waals surface area (Å²) in [4.78, 5) is 0. The maximum absolute atomic E-state index is 12.0. The van der Waals surface area contributed by atoms with Crippen LogP contribution in [0.4, 0.5) is 13.2 Å². The molecular weight excluding hydrogens is 299 g/mol. The van der Waals surface area contributed by atoms with E-state index >= 15 is 0 Å². The van der Waals surface area contributed by atoms with Crippen molar-refractivity contribution in [3.8, 4) is 0 Å². The van der Waals surface area contributed by atoms with E-state index in [1.165, 1.54) is 0 Å². The van der Waals surface area contributed by atoms with Gasteiger partial charge < -0.3 is 10.5 Å². The molecule has 1 rings (SSSR count). The van der Waals surface area contributed by atoms with E-state index in [2.05, 4.69) is 15.9 Å². The van der Waals surface area contributed by atoms with Gasteiger partial charge in [-0.25, -0.2) is 0 Å². The number of nitrogens with two attached hydrogens (primary N) is 1. The predicted molar refractivity (Wildman–Crippen MR) is 62.6 cm³/mol. The highest BCUT2D eigenvalue weighted by Crippen LogP contribution is 2.23. The third-order valence-electron chi connectivity index (χ3n) is 2.14. The van der Waals surface area contributed by atoms with Crippen molar-refractivity contribution in [1.29, 1.82) is 0 Å². The number of rotatable bonds is 5. The summed E-state index contributed by atoms with van der Waals surface area (Å²) >= 11 is 3.28. The average molecular weight is 312 g/mol. The maximum atomic E-state index is 12.0. The summed E-state index contributed by atoms with van der Waals surface area (Å²) in [6, 6.07) is 7.17. The summed E-state index contributed by atoms with van der Waals surface area (Å²) in [5.74, 6) is 0. The number of alkyl halides is 3. The quantitative estimate of drug-likeness (QED) is 0.904. The Morgan fingerprint density at radius 3 is 2.59 bits per heavy atom. The van der Waals surface area contributed by atoms with Crippen molar-refractivity contribution in [1.82, 2.24) is 0 Å². The fourth-order valence-electron chi connectivity index (χ4n) is 1.32.